The van der Waals surface area contributed by atoms with Crippen molar-refractivity contribution in [2.45, 2.75) is 124 Å². The van der Waals surface area contributed by atoms with Crippen LogP contribution in [0.3, 0.4) is 0 Å². The minimum atomic E-state index is -0.754. The maximum absolute atomic E-state index is 10.3. The molecule has 0 fully saturated rings. The molecule has 0 saturated carbocycles. The van der Waals surface area contributed by atoms with Crippen LogP contribution in [0.15, 0.2) is 146 Å². The molecule has 266 valence electrons. The monoisotopic (exact) mass is 657 g/mol. The van der Waals surface area contributed by atoms with Gasteiger partial charge in [0, 0.05) is 6.42 Å². The van der Waals surface area contributed by atoms with Crippen LogP contribution in [0.4, 0.5) is 0 Å². The van der Waals surface area contributed by atoms with Crippen LogP contribution in [-0.4, -0.2) is 22.3 Å². The molecular formula is C45H68O3. The average molecular weight is 657 g/mol. The Kier molecular flexibility index (Phi) is 40.0. The van der Waals surface area contributed by atoms with Crippen molar-refractivity contribution in [3.8, 4) is 0 Å². The molecule has 3 nitrogen and oxygen atoms in total. The number of rotatable bonds is 27. The summed E-state index contributed by atoms with van der Waals surface area (Å²) >= 11 is 0. The summed E-state index contributed by atoms with van der Waals surface area (Å²) in [5, 5.41) is 18.2. The highest BCUT2D eigenvalue weighted by Gasteiger charge is 1.93. The molecule has 48 heavy (non-hydrogen) atoms. The van der Waals surface area contributed by atoms with Crippen LogP contribution in [0.2, 0.25) is 0 Å². The van der Waals surface area contributed by atoms with Gasteiger partial charge in [0.1, 0.15) is 0 Å². The predicted octanol–water partition coefficient (Wildman–Crippen LogP) is 13.2. The first-order chi connectivity index (χ1) is 23.5. The average Bonchev–Trinajstić information content (AvgIpc) is 3.07. The Hall–Kier alpha value is -3.69. The first-order valence-electron chi connectivity index (χ1n) is 18.2. The van der Waals surface area contributed by atoms with Gasteiger partial charge in [0.2, 0.25) is 0 Å². The number of carboxylic acid groups (broad SMARTS) is 1. The third-order valence-corrected chi connectivity index (χ3v) is 6.57. The van der Waals surface area contributed by atoms with Crippen molar-refractivity contribution in [2.24, 2.45) is 5.92 Å². The van der Waals surface area contributed by atoms with E-state index in [0.29, 0.717) is 18.8 Å². The Morgan fingerprint density at radius 2 is 0.917 bits per heavy atom. The molecule has 0 rings (SSSR count). The number of carbonyl (C=O) groups is 1. The van der Waals surface area contributed by atoms with Crippen LogP contribution in [0.1, 0.15) is 118 Å². The van der Waals surface area contributed by atoms with Gasteiger partial charge in [-0.2, -0.15) is 0 Å². The molecule has 0 saturated heterocycles. The largest absolute Gasteiger partial charge is 0.481 e. The summed E-state index contributed by atoms with van der Waals surface area (Å²) in [6.45, 7) is 8.72. The Balaban J connectivity index is 0. The lowest BCUT2D eigenvalue weighted by Crippen LogP contribution is -1.98. The molecule has 0 aromatic carbocycles. The van der Waals surface area contributed by atoms with Gasteiger partial charge in [0.25, 0.3) is 0 Å². The topological polar surface area (TPSA) is 57.5 Å². The molecule has 2 atom stereocenters. The number of unbranched alkanes of at least 4 members (excludes halogenated alkanes) is 1. The zero-order chi connectivity index (χ0) is 35.6. The summed E-state index contributed by atoms with van der Waals surface area (Å²) in [6, 6.07) is 0. The molecule has 0 amide bonds. The summed E-state index contributed by atoms with van der Waals surface area (Å²) in [7, 11) is 0. The molecule has 0 aliphatic rings. The molecule has 0 radical (unpaired) electrons. The molecule has 0 aliphatic carbocycles. The van der Waals surface area contributed by atoms with E-state index < -0.39 is 12.1 Å². The van der Waals surface area contributed by atoms with Crippen molar-refractivity contribution in [1.82, 2.24) is 0 Å². The zero-order valence-corrected chi connectivity index (χ0v) is 30.7. The van der Waals surface area contributed by atoms with Gasteiger partial charge in [-0.25, -0.2) is 0 Å². The van der Waals surface area contributed by atoms with Gasteiger partial charge in [-0.3, -0.25) is 4.79 Å². The van der Waals surface area contributed by atoms with E-state index in [-0.39, 0.29) is 6.42 Å². The van der Waals surface area contributed by atoms with Crippen molar-refractivity contribution in [2.75, 3.05) is 0 Å². The third-order valence-electron chi connectivity index (χ3n) is 6.57. The Morgan fingerprint density at radius 1 is 0.500 bits per heavy atom. The van der Waals surface area contributed by atoms with E-state index in [4.69, 9.17) is 5.11 Å². The lowest BCUT2D eigenvalue weighted by molar-refractivity contribution is -0.136. The summed E-state index contributed by atoms with van der Waals surface area (Å²) in [5.74, 6) is -0.135. The smallest absolute Gasteiger partial charge is 0.303 e. The van der Waals surface area contributed by atoms with Crippen molar-refractivity contribution in [1.29, 1.82) is 0 Å². The fraction of sp³-hybridized carbons (Fsp3) is 0.444. The van der Waals surface area contributed by atoms with Crippen LogP contribution in [0.5, 0.6) is 0 Å². The van der Waals surface area contributed by atoms with Crippen molar-refractivity contribution in [3.63, 3.8) is 0 Å². The van der Waals surface area contributed by atoms with E-state index in [1.165, 1.54) is 12.8 Å². The van der Waals surface area contributed by atoms with E-state index >= 15 is 0 Å². The molecule has 0 aromatic rings. The molecule has 0 bridgehead atoms. The number of hydrogen-bond donors (Lipinski definition) is 2. The minimum Gasteiger partial charge on any atom is -0.481 e. The van der Waals surface area contributed by atoms with E-state index in [1.54, 1.807) is 6.08 Å². The summed E-state index contributed by atoms with van der Waals surface area (Å²) in [6.07, 6.45) is 63.3. The van der Waals surface area contributed by atoms with Crippen LogP contribution >= 0.6 is 0 Å². The van der Waals surface area contributed by atoms with Gasteiger partial charge in [0.05, 0.1) is 6.10 Å². The number of carboxylic acids is 1. The van der Waals surface area contributed by atoms with Gasteiger partial charge in [-0.15, -0.1) is 0 Å². The Labute approximate surface area is 295 Å². The molecule has 0 unspecified atom stereocenters. The lowest BCUT2D eigenvalue weighted by Gasteiger charge is -1.99. The highest BCUT2D eigenvalue weighted by atomic mass is 16.4. The first kappa shape index (κ1) is 46.4. The first-order valence-corrected chi connectivity index (χ1v) is 18.2. The number of aliphatic hydroxyl groups is 1. The number of aliphatic hydroxyl groups excluding tert-OH is 1. The molecule has 0 aliphatic heterocycles. The molecular weight excluding hydrogens is 588 g/mol. The molecule has 3 heteroatoms. The second-order valence-corrected chi connectivity index (χ2v) is 11.4. The van der Waals surface area contributed by atoms with Gasteiger partial charge >= 0.3 is 5.97 Å². The summed E-state index contributed by atoms with van der Waals surface area (Å²) < 4.78 is 0. The number of hydrogen-bond acceptors (Lipinski definition) is 2. The molecule has 0 spiro atoms. The Bertz CT molecular complexity index is 1070. The second kappa shape index (κ2) is 41.3. The van der Waals surface area contributed by atoms with Gasteiger partial charge < -0.3 is 10.2 Å². The predicted molar refractivity (Wildman–Crippen MR) is 214 cm³/mol. The van der Waals surface area contributed by atoms with E-state index in [9.17, 15) is 9.90 Å². The SMILES string of the molecule is CC/C=C\C[C@H](C)/C=C/C=C\C/C=C\C/C=C\C/C=C\CCC.CC/C=C\C[C@H](O)/C=C/C=C\C/C=C\C/C=C\C/C=C\CCC(=O)O. The van der Waals surface area contributed by atoms with E-state index in [0.717, 1.165) is 57.8 Å². The molecule has 0 heterocycles. The van der Waals surface area contributed by atoms with Gasteiger partial charge in [0.15, 0.2) is 0 Å². The van der Waals surface area contributed by atoms with Crippen LogP contribution in [-0.2, 0) is 4.79 Å². The maximum atomic E-state index is 10.3. The number of aliphatic carboxylic acids is 1. The zero-order valence-electron chi connectivity index (χ0n) is 30.7. The fourth-order valence-corrected chi connectivity index (χ4v) is 3.84. The van der Waals surface area contributed by atoms with Gasteiger partial charge in [-0.05, 0) is 83.0 Å². The summed E-state index contributed by atoms with van der Waals surface area (Å²) in [4.78, 5) is 10.3. The second-order valence-electron chi connectivity index (χ2n) is 11.4. The highest BCUT2D eigenvalue weighted by molar-refractivity contribution is 5.66. The molecule has 0 aromatic heterocycles. The number of allylic oxidation sites excluding steroid dienone is 22. The maximum Gasteiger partial charge on any atom is 0.303 e. The van der Waals surface area contributed by atoms with Crippen LogP contribution < -0.4 is 0 Å². The standard InChI is InChI=1S/C23H36.C22H32O3/c1-4-6-8-9-10-11-12-13-14-15-16-17-18-20-22-23(3)21-19-7-5-2;1-2-3-15-18-21(23)19-16-13-11-9-7-5-4-6-8-10-12-14-17-20-22(24)25/h7-9,11-12,14-15,17-20,22-23H,4-6,10,13,16,21H2,1-3H3;3,5-8,11-16,19,21,23H,2,4,9-10,17-18,20H2,1H3,(H,24,25)/b9-8-,12-11-,15-14-,18-17-,19-7-,22-20+;7-5-,8-6-,13-11-,14-12-,15-3-,19-16+/t23-;21-/m00/s1. The van der Waals surface area contributed by atoms with E-state index in [1.807, 2.05) is 30.4 Å². The minimum absolute atomic E-state index is 0.195. The fourth-order valence-electron chi connectivity index (χ4n) is 3.84. The van der Waals surface area contributed by atoms with Crippen LogP contribution in [0, 0.1) is 5.92 Å². The Morgan fingerprint density at radius 3 is 1.38 bits per heavy atom. The van der Waals surface area contributed by atoms with Crippen molar-refractivity contribution in [3.05, 3.63) is 146 Å². The van der Waals surface area contributed by atoms with Crippen LogP contribution in [0.25, 0.3) is 0 Å². The third kappa shape index (κ3) is 44.4. The van der Waals surface area contributed by atoms with Crippen molar-refractivity contribution >= 4 is 5.97 Å². The van der Waals surface area contributed by atoms with E-state index in [2.05, 4.69) is 137 Å². The quantitative estimate of drug-likeness (QED) is 0.0683. The van der Waals surface area contributed by atoms with Gasteiger partial charge in [-0.1, -0.05) is 180 Å². The summed E-state index contributed by atoms with van der Waals surface area (Å²) in [5.41, 5.74) is 0. The molecule has 2 N–H and O–H groups in total. The van der Waals surface area contributed by atoms with Crippen molar-refractivity contribution < 1.29 is 15.0 Å². The highest BCUT2D eigenvalue weighted by Crippen LogP contribution is 2.05. The normalized spacial score (nSPS) is 14.5. The lowest BCUT2D eigenvalue weighted by atomic mass is 10.1.